The number of nitrogens with two attached hydrogens (primary N) is 1. The Morgan fingerprint density at radius 3 is 2.35 bits per heavy atom. The van der Waals surface area contributed by atoms with E-state index < -0.39 is 0 Å². The van der Waals surface area contributed by atoms with Gasteiger partial charge >= 0.3 is 0 Å². The fourth-order valence-corrected chi connectivity index (χ4v) is 2.93. The molecule has 0 aliphatic heterocycles. The normalized spacial score (nSPS) is 19.9. The van der Waals surface area contributed by atoms with Crippen LogP contribution in [0.2, 0.25) is 0 Å². The molecule has 0 saturated heterocycles. The van der Waals surface area contributed by atoms with E-state index in [-0.39, 0.29) is 5.41 Å². The highest BCUT2D eigenvalue weighted by atomic mass is 15.3. The van der Waals surface area contributed by atoms with E-state index in [1.165, 1.54) is 25.7 Å². The van der Waals surface area contributed by atoms with Gasteiger partial charge in [0, 0.05) is 26.1 Å². The van der Waals surface area contributed by atoms with Gasteiger partial charge in [-0.3, -0.25) is 0 Å². The summed E-state index contributed by atoms with van der Waals surface area (Å²) in [6, 6.07) is 0. The first kappa shape index (κ1) is 12.4. The quantitative estimate of drug-likeness (QED) is 0.780. The highest BCUT2D eigenvalue weighted by Gasteiger charge is 2.36. The second-order valence-electron chi connectivity index (χ2n) is 5.05. The molecule has 0 aromatic carbocycles. The van der Waals surface area contributed by atoms with Gasteiger partial charge in [-0.1, -0.05) is 25.7 Å². The molecule has 96 valence electrons. The minimum Gasteiger partial charge on any atom is -0.357 e. The standard InChI is InChI=1S/C12H23N5/c1-14-11-16-15-10(17(11)2)12(9-13)7-5-3-4-6-8-12/h3-9,13H2,1-2H3,(H,14,16). The van der Waals surface area contributed by atoms with Crippen LogP contribution >= 0.6 is 0 Å². The van der Waals surface area contributed by atoms with Crippen molar-refractivity contribution in [2.45, 2.75) is 43.9 Å². The number of hydrogen-bond acceptors (Lipinski definition) is 4. The molecule has 0 atom stereocenters. The predicted octanol–water partition coefficient (Wildman–Crippen LogP) is 1.41. The van der Waals surface area contributed by atoms with Gasteiger partial charge in [0.2, 0.25) is 5.95 Å². The lowest BCUT2D eigenvalue weighted by molar-refractivity contribution is 0.349. The van der Waals surface area contributed by atoms with E-state index in [9.17, 15) is 0 Å². The molecule has 5 nitrogen and oxygen atoms in total. The average Bonchev–Trinajstić information content (AvgIpc) is 2.59. The van der Waals surface area contributed by atoms with Gasteiger partial charge in [-0.15, -0.1) is 10.2 Å². The fraction of sp³-hybridized carbons (Fsp3) is 0.833. The van der Waals surface area contributed by atoms with E-state index in [0.29, 0.717) is 6.54 Å². The molecule has 1 aromatic rings. The summed E-state index contributed by atoms with van der Waals surface area (Å²) in [5.74, 6) is 1.86. The number of nitrogens with one attached hydrogen (secondary N) is 1. The molecule has 3 N–H and O–H groups in total. The Balaban J connectivity index is 2.35. The number of nitrogens with zero attached hydrogens (tertiary/aromatic N) is 3. The van der Waals surface area contributed by atoms with Crippen LogP contribution < -0.4 is 11.1 Å². The maximum absolute atomic E-state index is 6.06. The lowest BCUT2D eigenvalue weighted by Gasteiger charge is -2.30. The average molecular weight is 237 g/mol. The molecule has 5 heteroatoms. The lowest BCUT2D eigenvalue weighted by Crippen LogP contribution is -2.37. The topological polar surface area (TPSA) is 68.8 Å². The van der Waals surface area contributed by atoms with Crippen LogP contribution in [0.15, 0.2) is 0 Å². The van der Waals surface area contributed by atoms with Crippen LogP contribution in [0.1, 0.15) is 44.3 Å². The number of hydrogen-bond donors (Lipinski definition) is 2. The zero-order chi connectivity index (χ0) is 12.3. The third-order valence-corrected chi connectivity index (χ3v) is 4.02. The van der Waals surface area contributed by atoms with Gasteiger partial charge in [0.1, 0.15) is 5.82 Å². The third-order valence-electron chi connectivity index (χ3n) is 4.02. The second kappa shape index (κ2) is 5.04. The van der Waals surface area contributed by atoms with Gasteiger partial charge in [-0.25, -0.2) is 0 Å². The van der Waals surface area contributed by atoms with Gasteiger partial charge < -0.3 is 15.6 Å². The largest absolute Gasteiger partial charge is 0.357 e. The van der Waals surface area contributed by atoms with Crippen molar-refractivity contribution in [1.82, 2.24) is 14.8 Å². The van der Waals surface area contributed by atoms with Crippen LogP contribution in [-0.4, -0.2) is 28.4 Å². The third kappa shape index (κ3) is 2.16. The van der Waals surface area contributed by atoms with E-state index >= 15 is 0 Å². The summed E-state index contributed by atoms with van der Waals surface area (Å²) in [5.41, 5.74) is 6.09. The molecule has 1 saturated carbocycles. The van der Waals surface area contributed by atoms with E-state index in [2.05, 4.69) is 20.1 Å². The summed E-state index contributed by atoms with van der Waals surface area (Å²) in [6.07, 6.45) is 7.41. The van der Waals surface area contributed by atoms with Crippen molar-refractivity contribution in [2.75, 3.05) is 18.9 Å². The van der Waals surface area contributed by atoms with Crippen molar-refractivity contribution < 1.29 is 0 Å². The number of rotatable bonds is 3. The molecule has 1 aromatic heterocycles. The first-order valence-corrected chi connectivity index (χ1v) is 6.51. The first-order chi connectivity index (χ1) is 8.23. The van der Waals surface area contributed by atoms with Gasteiger partial charge in [0.15, 0.2) is 0 Å². The maximum Gasteiger partial charge on any atom is 0.224 e. The van der Waals surface area contributed by atoms with Crippen LogP contribution in [0, 0.1) is 0 Å². The molecule has 0 radical (unpaired) electrons. The Morgan fingerprint density at radius 1 is 1.24 bits per heavy atom. The van der Waals surface area contributed by atoms with Crippen LogP contribution in [0.25, 0.3) is 0 Å². The Morgan fingerprint density at radius 2 is 1.88 bits per heavy atom. The van der Waals surface area contributed by atoms with Crippen molar-refractivity contribution in [3.63, 3.8) is 0 Å². The van der Waals surface area contributed by atoms with E-state index in [0.717, 1.165) is 24.6 Å². The highest BCUT2D eigenvalue weighted by Crippen LogP contribution is 2.36. The summed E-state index contributed by atoms with van der Waals surface area (Å²) in [6.45, 7) is 0.669. The molecule has 0 unspecified atom stereocenters. The lowest BCUT2D eigenvalue weighted by atomic mass is 9.79. The van der Waals surface area contributed by atoms with Crippen molar-refractivity contribution in [3.8, 4) is 0 Å². The molecular formula is C12H23N5. The Kier molecular flexibility index (Phi) is 3.66. The van der Waals surface area contributed by atoms with E-state index in [1.54, 1.807) is 0 Å². The monoisotopic (exact) mass is 237 g/mol. The van der Waals surface area contributed by atoms with Gasteiger partial charge in [-0.2, -0.15) is 0 Å². The van der Waals surface area contributed by atoms with Gasteiger partial charge in [0.05, 0.1) is 0 Å². The summed E-state index contributed by atoms with van der Waals surface area (Å²) in [4.78, 5) is 0. The fourth-order valence-electron chi connectivity index (χ4n) is 2.93. The van der Waals surface area contributed by atoms with E-state index in [1.807, 2.05) is 14.1 Å². The van der Waals surface area contributed by atoms with Crippen LogP contribution in [0.3, 0.4) is 0 Å². The first-order valence-electron chi connectivity index (χ1n) is 6.51. The Hall–Kier alpha value is -1.10. The molecule has 2 rings (SSSR count). The van der Waals surface area contributed by atoms with E-state index in [4.69, 9.17) is 5.73 Å². The minimum atomic E-state index is 0.0351. The number of aromatic nitrogens is 3. The van der Waals surface area contributed by atoms with Crippen molar-refractivity contribution in [1.29, 1.82) is 0 Å². The summed E-state index contributed by atoms with van der Waals surface area (Å²) in [7, 11) is 3.89. The van der Waals surface area contributed by atoms with Crippen molar-refractivity contribution >= 4 is 5.95 Å². The molecule has 0 bridgehead atoms. The van der Waals surface area contributed by atoms with Crippen molar-refractivity contribution in [2.24, 2.45) is 12.8 Å². The SMILES string of the molecule is CNc1nnc(C2(CN)CCCCCC2)n1C. The molecule has 1 aliphatic rings. The molecule has 1 heterocycles. The molecule has 0 spiro atoms. The van der Waals surface area contributed by atoms with Crippen LogP contribution in [0.4, 0.5) is 5.95 Å². The van der Waals surface area contributed by atoms with Crippen LogP contribution in [0.5, 0.6) is 0 Å². The summed E-state index contributed by atoms with van der Waals surface area (Å²) in [5, 5.41) is 11.6. The predicted molar refractivity (Wildman–Crippen MR) is 69.0 cm³/mol. The maximum atomic E-state index is 6.06. The Labute approximate surface area is 103 Å². The molecule has 0 amide bonds. The van der Waals surface area contributed by atoms with Crippen molar-refractivity contribution in [3.05, 3.63) is 5.82 Å². The van der Waals surface area contributed by atoms with Gasteiger partial charge in [0.25, 0.3) is 0 Å². The number of anilines is 1. The van der Waals surface area contributed by atoms with Crippen LogP contribution in [-0.2, 0) is 12.5 Å². The summed E-state index contributed by atoms with van der Waals surface area (Å²) < 4.78 is 2.05. The zero-order valence-electron chi connectivity index (χ0n) is 10.9. The zero-order valence-corrected chi connectivity index (χ0v) is 10.9. The minimum absolute atomic E-state index is 0.0351. The molecule has 1 aliphatic carbocycles. The second-order valence-corrected chi connectivity index (χ2v) is 5.05. The smallest absolute Gasteiger partial charge is 0.224 e. The highest BCUT2D eigenvalue weighted by molar-refractivity contribution is 5.27. The summed E-state index contributed by atoms with van der Waals surface area (Å²) >= 11 is 0. The Bertz CT molecular complexity index is 363. The molecule has 1 fully saturated rings. The van der Waals surface area contributed by atoms with Gasteiger partial charge in [-0.05, 0) is 12.8 Å². The molecule has 17 heavy (non-hydrogen) atoms. The molecular weight excluding hydrogens is 214 g/mol.